The smallest absolute Gasteiger partial charge is 0.198 e. The minimum atomic E-state index is 0.151. The maximum atomic E-state index is 11.6. The van der Waals surface area contributed by atoms with Crippen molar-refractivity contribution in [2.45, 2.75) is 33.1 Å². The minimum Gasteiger partial charge on any atom is -0.332 e. The second kappa shape index (κ2) is 4.94. The number of imidazole rings is 1. The van der Waals surface area contributed by atoms with Gasteiger partial charge in [0.25, 0.3) is 0 Å². The van der Waals surface area contributed by atoms with E-state index in [2.05, 4.69) is 18.8 Å². The third kappa shape index (κ3) is 2.98. The van der Waals surface area contributed by atoms with Gasteiger partial charge in [-0.15, -0.1) is 0 Å². The maximum Gasteiger partial charge on any atom is 0.198 e. The Morgan fingerprint density at radius 1 is 1.57 bits per heavy atom. The number of hydrogen-bond acceptors (Lipinski definition) is 2. The first kappa shape index (κ1) is 11.0. The van der Waals surface area contributed by atoms with Crippen molar-refractivity contribution in [2.24, 2.45) is 13.0 Å². The molecule has 0 amide bonds. The third-order valence-electron chi connectivity index (χ3n) is 2.26. The number of aryl methyl sites for hydroxylation is 1. The molecule has 0 aromatic carbocycles. The molecule has 0 atom stereocenters. The minimum absolute atomic E-state index is 0.151. The van der Waals surface area contributed by atoms with Crippen LogP contribution in [0.4, 0.5) is 0 Å². The lowest BCUT2D eigenvalue weighted by molar-refractivity contribution is 0.0965. The summed E-state index contributed by atoms with van der Waals surface area (Å²) in [5.41, 5.74) is 0. The van der Waals surface area contributed by atoms with E-state index in [1.165, 1.54) is 0 Å². The third-order valence-corrected chi connectivity index (χ3v) is 2.26. The summed E-state index contributed by atoms with van der Waals surface area (Å²) in [5, 5.41) is 0. The molecule has 0 spiro atoms. The second-order valence-corrected chi connectivity index (χ2v) is 4.07. The highest BCUT2D eigenvalue weighted by Gasteiger charge is 2.10. The molecule has 0 fully saturated rings. The van der Waals surface area contributed by atoms with Gasteiger partial charge in [-0.05, 0) is 12.3 Å². The van der Waals surface area contributed by atoms with Gasteiger partial charge in [-0.1, -0.05) is 20.3 Å². The Kier molecular flexibility index (Phi) is 3.86. The summed E-state index contributed by atoms with van der Waals surface area (Å²) >= 11 is 0. The number of carbonyl (C=O) groups is 1. The number of ketones is 1. The van der Waals surface area contributed by atoms with Crippen LogP contribution in [0.3, 0.4) is 0 Å². The van der Waals surface area contributed by atoms with E-state index in [9.17, 15) is 4.79 Å². The number of rotatable bonds is 5. The Morgan fingerprint density at radius 3 is 2.79 bits per heavy atom. The number of carbonyl (C=O) groups excluding carboxylic acids is 1. The monoisotopic (exact) mass is 194 g/mol. The van der Waals surface area contributed by atoms with Crippen molar-refractivity contribution in [2.75, 3.05) is 0 Å². The van der Waals surface area contributed by atoms with Crippen molar-refractivity contribution in [3.63, 3.8) is 0 Å². The van der Waals surface area contributed by atoms with Crippen molar-refractivity contribution in [1.82, 2.24) is 9.55 Å². The van der Waals surface area contributed by atoms with Crippen molar-refractivity contribution in [3.8, 4) is 0 Å². The van der Waals surface area contributed by atoms with Gasteiger partial charge in [0.2, 0.25) is 0 Å². The van der Waals surface area contributed by atoms with Crippen LogP contribution in [0.2, 0.25) is 0 Å². The highest BCUT2D eigenvalue weighted by molar-refractivity contribution is 5.92. The van der Waals surface area contributed by atoms with E-state index >= 15 is 0 Å². The zero-order valence-electron chi connectivity index (χ0n) is 9.16. The molecule has 0 saturated carbocycles. The lowest BCUT2D eigenvalue weighted by Crippen LogP contribution is -2.07. The van der Waals surface area contributed by atoms with Crippen LogP contribution in [0.15, 0.2) is 12.4 Å². The van der Waals surface area contributed by atoms with Gasteiger partial charge in [-0.3, -0.25) is 4.79 Å². The van der Waals surface area contributed by atoms with Crippen molar-refractivity contribution < 1.29 is 4.79 Å². The standard InChI is InChI=1S/C11H18N2O/c1-9(2)5-4-6-10(14)11-12-7-8-13(11)3/h7-9H,4-6H2,1-3H3. The first-order chi connectivity index (χ1) is 6.61. The molecule has 0 N–H and O–H groups in total. The largest absolute Gasteiger partial charge is 0.332 e. The van der Waals surface area contributed by atoms with Gasteiger partial charge in [-0.2, -0.15) is 0 Å². The molecule has 3 heteroatoms. The summed E-state index contributed by atoms with van der Waals surface area (Å²) in [7, 11) is 1.85. The highest BCUT2D eigenvalue weighted by atomic mass is 16.1. The lowest BCUT2D eigenvalue weighted by Gasteiger charge is -2.03. The molecule has 0 aliphatic carbocycles. The van der Waals surface area contributed by atoms with Gasteiger partial charge in [-0.25, -0.2) is 4.98 Å². The molecule has 0 bridgehead atoms. The summed E-state index contributed by atoms with van der Waals surface area (Å²) < 4.78 is 1.78. The fourth-order valence-electron chi connectivity index (χ4n) is 1.42. The Morgan fingerprint density at radius 2 is 2.29 bits per heavy atom. The number of aromatic nitrogens is 2. The second-order valence-electron chi connectivity index (χ2n) is 4.07. The van der Waals surface area contributed by atoms with Crippen LogP contribution in [-0.2, 0) is 7.05 Å². The lowest BCUT2D eigenvalue weighted by atomic mass is 10.0. The molecule has 1 rings (SSSR count). The van der Waals surface area contributed by atoms with Gasteiger partial charge in [0.05, 0.1) is 0 Å². The van der Waals surface area contributed by atoms with Crippen LogP contribution in [0, 0.1) is 5.92 Å². The van der Waals surface area contributed by atoms with Crippen LogP contribution in [0.5, 0.6) is 0 Å². The van der Waals surface area contributed by atoms with Crippen LogP contribution in [0.1, 0.15) is 43.7 Å². The van der Waals surface area contributed by atoms with E-state index < -0.39 is 0 Å². The topological polar surface area (TPSA) is 34.9 Å². The quantitative estimate of drug-likeness (QED) is 0.675. The molecule has 3 nitrogen and oxygen atoms in total. The molecule has 0 aliphatic heterocycles. The number of Topliss-reactive ketones (excluding diaryl/α,β-unsaturated/α-hetero) is 1. The highest BCUT2D eigenvalue weighted by Crippen LogP contribution is 2.09. The molecular formula is C11H18N2O. The molecule has 1 aromatic heterocycles. The van der Waals surface area contributed by atoms with E-state index in [1.807, 2.05) is 7.05 Å². The van der Waals surface area contributed by atoms with E-state index in [1.54, 1.807) is 17.0 Å². The number of hydrogen-bond donors (Lipinski definition) is 0. The zero-order chi connectivity index (χ0) is 10.6. The molecule has 1 aromatic rings. The van der Waals surface area contributed by atoms with Crippen LogP contribution >= 0.6 is 0 Å². The van der Waals surface area contributed by atoms with E-state index in [-0.39, 0.29) is 5.78 Å². The summed E-state index contributed by atoms with van der Waals surface area (Å²) in [6, 6.07) is 0. The van der Waals surface area contributed by atoms with Gasteiger partial charge in [0.1, 0.15) is 0 Å². The Bertz CT molecular complexity index is 302. The average molecular weight is 194 g/mol. The average Bonchev–Trinajstić information content (AvgIpc) is 2.50. The molecule has 78 valence electrons. The SMILES string of the molecule is CC(C)CCCC(=O)c1nccn1C. The van der Waals surface area contributed by atoms with E-state index in [0.29, 0.717) is 18.2 Å². The summed E-state index contributed by atoms with van der Waals surface area (Å²) in [6.07, 6.45) is 6.15. The van der Waals surface area contributed by atoms with Gasteiger partial charge < -0.3 is 4.57 Å². The first-order valence-corrected chi connectivity index (χ1v) is 5.11. The summed E-state index contributed by atoms with van der Waals surface area (Å²) in [4.78, 5) is 15.7. The Hall–Kier alpha value is -1.12. The number of nitrogens with zero attached hydrogens (tertiary/aromatic N) is 2. The van der Waals surface area contributed by atoms with E-state index in [0.717, 1.165) is 12.8 Å². The predicted octanol–water partition coefficient (Wildman–Crippen LogP) is 2.43. The zero-order valence-corrected chi connectivity index (χ0v) is 9.16. The molecule has 0 aliphatic rings. The van der Waals surface area contributed by atoms with Crippen LogP contribution < -0.4 is 0 Å². The van der Waals surface area contributed by atoms with Gasteiger partial charge >= 0.3 is 0 Å². The van der Waals surface area contributed by atoms with Crippen molar-refractivity contribution in [1.29, 1.82) is 0 Å². The molecule has 0 radical (unpaired) electrons. The fourth-order valence-corrected chi connectivity index (χ4v) is 1.42. The summed E-state index contributed by atoms with van der Waals surface area (Å²) in [6.45, 7) is 4.34. The van der Waals surface area contributed by atoms with Crippen LogP contribution in [0.25, 0.3) is 0 Å². The van der Waals surface area contributed by atoms with Crippen molar-refractivity contribution >= 4 is 5.78 Å². The predicted molar refractivity (Wildman–Crippen MR) is 56.2 cm³/mol. The van der Waals surface area contributed by atoms with Crippen molar-refractivity contribution in [3.05, 3.63) is 18.2 Å². The van der Waals surface area contributed by atoms with Gasteiger partial charge in [0, 0.05) is 25.9 Å². The molecule has 0 saturated heterocycles. The normalized spacial score (nSPS) is 10.9. The molecule has 14 heavy (non-hydrogen) atoms. The molecule has 1 heterocycles. The van der Waals surface area contributed by atoms with Crippen LogP contribution in [-0.4, -0.2) is 15.3 Å². The Balaban J connectivity index is 2.40. The Labute approximate surface area is 85.2 Å². The van der Waals surface area contributed by atoms with E-state index in [4.69, 9.17) is 0 Å². The fraction of sp³-hybridized carbons (Fsp3) is 0.636. The first-order valence-electron chi connectivity index (χ1n) is 5.11. The van der Waals surface area contributed by atoms with Gasteiger partial charge in [0.15, 0.2) is 11.6 Å². The maximum absolute atomic E-state index is 11.6. The summed E-state index contributed by atoms with van der Waals surface area (Å²) in [5.74, 6) is 1.40. The molecule has 0 unspecified atom stereocenters. The molecular weight excluding hydrogens is 176 g/mol.